The van der Waals surface area contributed by atoms with E-state index in [1.165, 1.54) is 22.0 Å². The molecule has 0 radical (unpaired) electrons. The van der Waals surface area contributed by atoms with Gasteiger partial charge >= 0.3 is 0 Å². The van der Waals surface area contributed by atoms with Crippen molar-refractivity contribution < 1.29 is 0 Å². The molecule has 0 saturated carbocycles. The van der Waals surface area contributed by atoms with Crippen molar-refractivity contribution >= 4 is 10.9 Å². The Labute approximate surface area is 131 Å². The second-order valence-corrected chi connectivity index (χ2v) is 3.99. The molecule has 0 aliphatic rings. The van der Waals surface area contributed by atoms with E-state index >= 15 is 0 Å². The smallest absolute Gasteiger partial charge is 0.0456 e. The lowest BCUT2D eigenvalue weighted by Crippen LogP contribution is -2.10. The van der Waals surface area contributed by atoms with Crippen molar-refractivity contribution in [3.8, 4) is 12.3 Å². The second kappa shape index (κ2) is 14.7. The SMILES string of the molecule is C#CC.CC.CC.CNCCc1ccc2[nH]cc(C)c2c1. The molecule has 0 amide bonds. The summed E-state index contributed by atoms with van der Waals surface area (Å²) in [6, 6.07) is 6.63. The third kappa shape index (κ3) is 8.22. The highest BCUT2D eigenvalue weighted by Gasteiger charge is 2.00. The van der Waals surface area contributed by atoms with Gasteiger partial charge in [0.2, 0.25) is 0 Å². The van der Waals surface area contributed by atoms with Crippen LogP contribution >= 0.6 is 0 Å². The molecule has 2 N–H and O–H groups in total. The summed E-state index contributed by atoms with van der Waals surface area (Å²) in [6.07, 6.45) is 7.75. The largest absolute Gasteiger partial charge is 0.361 e. The van der Waals surface area contributed by atoms with E-state index in [4.69, 9.17) is 0 Å². The molecule has 2 aromatic rings. The summed E-state index contributed by atoms with van der Waals surface area (Å²) in [5, 5.41) is 4.51. The number of aromatic nitrogens is 1. The van der Waals surface area contributed by atoms with Crippen molar-refractivity contribution in [2.75, 3.05) is 13.6 Å². The van der Waals surface area contributed by atoms with Crippen LogP contribution in [0.1, 0.15) is 45.7 Å². The van der Waals surface area contributed by atoms with Crippen LogP contribution in [-0.4, -0.2) is 18.6 Å². The van der Waals surface area contributed by atoms with Crippen LogP contribution in [-0.2, 0) is 6.42 Å². The third-order valence-corrected chi connectivity index (χ3v) is 2.62. The van der Waals surface area contributed by atoms with Crippen LogP contribution in [0.2, 0.25) is 0 Å². The van der Waals surface area contributed by atoms with Crippen LogP contribution in [0, 0.1) is 19.3 Å². The molecule has 0 fully saturated rings. The Balaban J connectivity index is 0. The Morgan fingerprint density at radius 2 is 1.76 bits per heavy atom. The highest BCUT2D eigenvalue weighted by atomic mass is 14.8. The van der Waals surface area contributed by atoms with Gasteiger partial charge in [-0.1, -0.05) is 33.8 Å². The number of fused-ring (bicyclic) bond motifs is 1. The van der Waals surface area contributed by atoms with E-state index in [0.29, 0.717) is 0 Å². The molecule has 2 rings (SSSR count). The third-order valence-electron chi connectivity index (χ3n) is 2.62. The highest BCUT2D eigenvalue weighted by Crippen LogP contribution is 2.18. The Hall–Kier alpha value is -1.72. The van der Waals surface area contributed by atoms with Crippen molar-refractivity contribution in [2.45, 2.75) is 48.0 Å². The van der Waals surface area contributed by atoms with Gasteiger partial charge in [0.25, 0.3) is 0 Å². The maximum Gasteiger partial charge on any atom is 0.0456 e. The monoisotopic (exact) mass is 288 g/mol. The number of H-pyrrole nitrogens is 1. The van der Waals surface area contributed by atoms with E-state index in [1.807, 2.05) is 34.7 Å². The van der Waals surface area contributed by atoms with Gasteiger partial charge in [-0.25, -0.2) is 0 Å². The number of hydrogen-bond donors (Lipinski definition) is 2. The number of rotatable bonds is 3. The number of aryl methyl sites for hydroxylation is 1. The van der Waals surface area contributed by atoms with Crippen molar-refractivity contribution in [2.24, 2.45) is 0 Å². The van der Waals surface area contributed by atoms with Crippen LogP contribution in [0.3, 0.4) is 0 Å². The minimum atomic E-state index is 1.04. The van der Waals surface area contributed by atoms with E-state index in [1.54, 1.807) is 6.92 Å². The topological polar surface area (TPSA) is 27.8 Å². The normalized spacial score (nSPS) is 8.29. The van der Waals surface area contributed by atoms with E-state index in [9.17, 15) is 0 Å². The molecule has 21 heavy (non-hydrogen) atoms. The maximum atomic E-state index is 4.60. The Kier molecular flexibility index (Phi) is 15.1. The Morgan fingerprint density at radius 3 is 2.29 bits per heavy atom. The number of aromatic amines is 1. The molecule has 1 heterocycles. The molecule has 0 bridgehead atoms. The van der Waals surface area contributed by atoms with Gasteiger partial charge in [0, 0.05) is 17.1 Å². The van der Waals surface area contributed by atoms with Crippen molar-refractivity contribution in [1.82, 2.24) is 10.3 Å². The maximum absolute atomic E-state index is 4.60. The van der Waals surface area contributed by atoms with Gasteiger partial charge in [0.1, 0.15) is 0 Å². The predicted octanol–water partition coefficient (Wildman–Crippen LogP) is 4.93. The summed E-state index contributed by atoms with van der Waals surface area (Å²) in [5.74, 6) is 2.25. The summed E-state index contributed by atoms with van der Waals surface area (Å²) < 4.78 is 0. The van der Waals surface area contributed by atoms with Crippen LogP contribution < -0.4 is 5.32 Å². The highest BCUT2D eigenvalue weighted by molar-refractivity contribution is 5.83. The first-order chi connectivity index (χ1) is 10.2. The lowest BCUT2D eigenvalue weighted by Gasteiger charge is -2.01. The molecule has 2 nitrogen and oxygen atoms in total. The van der Waals surface area contributed by atoms with E-state index < -0.39 is 0 Å². The number of nitrogens with one attached hydrogen (secondary N) is 2. The molecule has 1 aromatic carbocycles. The molecule has 0 aliphatic heterocycles. The summed E-state index contributed by atoms with van der Waals surface area (Å²) in [6.45, 7) is 12.8. The second-order valence-electron chi connectivity index (χ2n) is 3.99. The summed E-state index contributed by atoms with van der Waals surface area (Å²) in [4.78, 5) is 3.26. The van der Waals surface area contributed by atoms with Crippen molar-refractivity contribution in [1.29, 1.82) is 0 Å². The van der Waals surface area contributed by atoms with Crippen LogP contribution in [0.5, 0.6) is 0 Å². The summed E-state index contributed by atoms with van der Waals surface area (Å²) in [5.41, 5.74) is 3.96. The number of benzene rings is 1. The average molecular weight is 288 g/mol. The number of likely N-dealkylation sites (N-methyl/N-ethyl adjacent to an activating group) is 1. The molecule has 0 saturated heterocycles. The van der Waals surface area contributed by atoms with Gasteiger partial charge in [0.05, 0.1) is 0 Å². The summed E-state index contributed by atoms with van der Waals surface area (Å²) >= 11 is 0. The van der Waals surface area contributed by atoms with Crippen LogP contribution in [0.4, 0.5) is 0 Å². The number of terminal acetylenes is 1. The molecular weight excluding hydrogens is 256 g/mol. The van der Waals surface area contributed by atoms with E-state index in [-0.39, 0.29) is 0 Å². The Bertz CT molecular complexity index is 504. The zero-order valence-corrected chi connectivity index (χ0v) is 14.8. The Morgan fingerprint density at radius 1 is 1.19 bits per heavy atom. The molecule has 118 valence electrons. The van der Waals surface area contributed by atoms with Gasteiger partial charge in [-0.2, -0.15) is 0 Å². The van der Waals surface area contributed by atoms with Gasteiger partial charge < -0.3 is 10.3 Å². The predicted molar refractivity (Wildman–Crippen MR) is 97.9 cm³/mol. The minimum absolute atomic E-state index is 1.04. The van der Waals surface area contributed by atoms with Crippen molar-refractivity contribution in [3.05, 3.63) is 35.5 Å². The molecule has 2 heteroatoms. The first kappa shape index (κ1) is 21.6. The standard InChI is InChI=1S/C12H16N2.C3H4.2C2H6/c1-9-8-14-12-4-3-10(5-6-13-2)7-11(9)12;1-3-2;2*1-2/h3-4,7-8,13-14H,5-6H2,1-2H3;1H,2H3;2*1-2H3. The van der Waals surface area contributed by atoms with E-state index in [0.717, 1.165) is 13.0 Å². The molecule has 0 atom stereocenters. The van der Waals surface area contributed by atoms with Gasteiger partial charge in [-0.15, -0.1) is 12.3 Å². The lowest BCUT2D eigenvalue weighted by atomic mass is 10.1. The number of hydrogen-bond acceptors (Lipinski definition) is 1. The molecule has 0 spiro atoms. The van der Waals surface area contributed by atoms with E-state index in [2.05, 4.69) is 54.0 Å². The summed E-state index contributed by atoms with van der Waals surface area (Å²) in [7, 11) is 1.99. The minimum Gasteiger partial charge on any atom is -0.361 e. The van der Waals surface area contributed by atoms with Gasteiger partial charge in [0.15, 0.2) is 0 Å². The first-order valence-corrected chi connectivity index (χ1v) is 7.81. The fourth-order valence-electron chi connectivity index (χ4n) is 1.73. The first-order valence-electron chi connectivity index (χ1n) is 7.81. The zero-order valence-electron chi connectivity index (χ0n) is 14.8. The average Bonchev–Trinajstić information content (AvgIpc) is 2.91. The zero-order chi connectivity index (χ0) is 16.7. The fourth-order valence-corrected chi connectivity index (χ4v) is 1.73. The van der Waals surface area contributed by atoms with Crippen LogP contribution in [0.15, 0.2) is 24.4 Å². The molecular formula is C19H32N2. The van der Waals surface area contributed by atoms with Crippen LogP contribution in [0.25, 0.3) is 10.9 Å². The van der Waals surface area contributed by atoms with Gasteiger partial charge in [-0.3, -0.25) is 0 Å². The van der Waals surface area contributed by atoms with Gasteiger partial charge in [-0.05, 0) is 57.1 Å². The molecule has 0 aliphatic carbocycles. The quantitative estimate of drug-likeness (QED) is 0.770. The molecule has 1 aromatic heterocycles. The fraction of sp³-hybridized carbons (Fsp3) is 0.474. The van der Waals surface area contributed by atoms with Crippen molar-refractivity contribution in [3.63, 3.8) is 0 Å². The lowest BCUT2D eigenvalue weighted by molar-refractivity contribution is 0.792. The molecule has 0 unspecified atom stereocenters.